The molecule has 2 aromatic heterocycles. The van der Waals surface area contributed by atoms with Crippen LogP contribution in [0.5, 0.6) is 0 Å². The van der Waals surface area contributed by atoms with Crippen LogP contribution in [-0.4, -0.2) is 21.7 Å². The van der Waals surface area contributed by atoms with Crippen LogP contribution >= 0.6 is 0 Å². The molecule has 6 rings (SSSR count). The summed E-state index contributed by atoms with van der Waals surface area (Å²) in [6.07, 6.45) is 3.30. The molecule has 0 radical (unpaired) electrons. The van der Waals surface area contributed by atoms with Crippen LogP contribution in [0.3, 0.4) is 0 Å². The summed E-state index contributed by atoms with van der Waals surface area (Å²) in [6.45, 7) is 1.96. The summed E-state index contributed by atoms with van der Waals surface area (Å²) in [6, 6.07) is 41.7. The molecule has 6 aromatic rings. The Morgan fingerprint density at radius 3 is 1.49 bits per heavy atom. The van der Waals surface area contributed by atoms with E-state index in [1.165, 1.54) is 0 Å². The Morgan fingerprint density at radius 1 is 0.638 bits per heavy atom. The molecule has 228 valence electrons. The highest BCUT2D eigenvalue weighted by molar-refractivity contribution is 6.04. The normalized spacial score (nSPS) is 10.7. The second kappa shape index (κ2) is 14.4. The number of allylic oxidation sites excluding steroid dienone is 1. The average molecular weight is 614 g/mol. The summed E-state index contributed by atoms with van der Waals surface area (Å²) in [5, 5.41) is 29.6. The van der Waals surface area contributed by atoms with Gasteiger partial charge in [-0.25, -0.2) is 4.79 Å². The standard InChI is InChI=1S/C21H18N2O2.C19H13N3/c1-3-25-21(24)16(14-22)13-18-17-11-7-8-12-19(17)23(2)20(18)15-9-5-4-6-10-15;1-22-18-10-6-5-9-16(18)17(11-14(12-20)13-21)19(22)15-7-3-2-4-8-15/h4-13H,3H2,1-2H3;2-11H,1H3/b16-13+;. The van der Waals surface area contributed by atoms with Gasteiger partial charge < -0.3 is 13.9 Å². The molecule has 0 spiro atoms. The summed E-state index contributed by atoms with van der Waals surface area (Å²) in [5.41, 5.74) is 8.00. The quantitative estimate of drug-likeness (QED) is 0.106. The van der Waals surface area contributed by atoms with Crippen molar-refractivity contribution in [3.05, 3.63) is 131 Å². The van der Waals surface area contributed by atoms with E-state index in [0.717, 1.165) is 55.4 Å². The number of esters is 1. The van der Waals surface area contributed by atoms with Gasteiger partial charge in [0.15, 0.2) is 0 Å². The predicted molar refractivity (Wildman–Crippen MR) is 186 cm³/mol. The number of aryl methyl sites for hydroxylation is 2. The summed E-state index contributed by atoms with van der Waals surface area (Å²) in [4.78, 5) is 12.0. The molecule has 0 bridgehead atoms. The lowest BCUT2D eigenvalue weighted by atomic mass is 10.0. The second-order valence-corrected chi connectivity index (χ2v) is 10.6. The maximum absolute atomic E-state index is 12.0. The number of hydrogen-bond acceptors (Lipinski definition) is 5. The summed E-state index contributed by atoms with van der Waals surface area (Å²) < 4.78 is 9.18. The van der Waals surface area contributed by atoms with Gasteiger partial charge in [0.25, 0.3) is 0 Å². The zero-order valence-corrected chi connectivity index (χ0v) is 26.3. The average Bonchev–Trinajstić information content (AvgIpc) is 3.56. The van der Waals surface area contributed by atoms with Gasteiger partial charge in [0.2, 0.25) is 0 Å². The lowest BCUT2D eigenvalue weighted by molar-refractivity contribution is -0.137. The van der Waals surface area contributed by atoms with Crippen LogP contribution in [0.15, 0.2) is 120 Å². The number of ether oxygens (including phenoxy) is 1. The molecular formula is C40H31N5O2. The van der Waals surface area contributed by atoms with Gasteiger partial charge in [-0.1, -0.05) is 97.1 Å². The zero-order chi connectivity index (χ0) is 33.3. The number of benzene rings is 4. The first-order valence-electron chi connectivity index (χ1n) is 15.0. The van der Waals surface area contributed by atoms with Crippen LogP contribution in [0.1, 0.15) is 18.1 Å². The fourth-order valence-electron chi connectivity index (χ4n) is 5.75. The third-order valence-electron chi connectivity index (χ3n) is 7.82. The Kier molecular flexibility index (Phi) is 9.77. The van der Waals surface area contributed by atoms with E-state index in [9.17, 15) is 10.1 Å². The van der Waals surface area contributed by atoms with Gasteiger partial charge in [-0.2, -0.15) is 15.8 Å². The van der Waals surface area contributed by atoms with Crippen molar-refractivity contribution in [1.82, 2.24) is 9.13 Å². The lowest BCUT2D eigenvalue weighted by Crippen LogP contribution is -2.06. The Hall–Kier alpha value is -6.62. The third kappa shape index (κ3) is 6.45. The van der Waals surface area contributed by atoms with Crippen molar-refractivity contribution in [2.24, 2.45) is 14.1 Å². The molecule has 0 aliphatic heterocycles. The fourth-order valence-corrected chi connectivity index (χ4v) is 5.75. The summed E-state index contributed by atoms with van der Waals surface area (Å²) >= 11 is 0. The minimum atomic E-state index is -0.600. The number of carbonyl (C=O) groups is 1. The third-order valence-corrected chi connectivity index (χ3v) is 7.82. The monoisotopic (exact) mass is 613 g/mol. The van der Waals surface area contributed by atoms with Crippen molar-refractivity contribution in [2.45, 2.75) is 6.92 Å². The number of nitriles is 3. The second-order valence-electron chi connectivity index (χ2n) is 10.6. The number of hydrogen-bond donors (Lipinski definition) is 0. The van der Waals surface area contributed by atoms with E-state index in [0.29, 0.717) is 0 Å². The summed E-state index contributed by atoms with van der Waals surface area (Å²) in [5.74, 6) is -0.600. The number of rotatable bonds is 6. The van der Waals surface area contributed by atoms with Crippen molar-refractivity contribution in [3.8, 4) is 40.7 Å². The molecule has 2 heterocycles. The predicted octanol–water partition coefficient (Wildman–Crippen LogP) is 8.59. The Morgan fingerprint density at radius 2 is 1.06 bits per heavy atom. The molecule has 0 amide bonds. The maximum Gasteiger partial charge on any atom is 0.348 e. The Labute approximate surface area is 273 Å². The largest absolute Gasteiger partial charge is 0.462 e. The highest BCUT2D eigenvalue weighted by Gasteiger charge is 2.18. The smallest absolute Gasteiger partial charge is 0.348 e. The molecule has 0 saturated carbocycles. The molecule has 4 aromatic carbocycles. The van der Waals surface area contributed by atoms with Gasteiger partial charge in [-0.15, -0.1) is 0 Å². The first-order valence-corrected chi connectivity index (χ1v) is 15.0. The van der Waals surface area contributed by atoms with E-state index in [1.807, 2.05) is 141 Å². The van der Waals surface area contributed by atoms with Gasteiger partial charge in [0.05, 0.1) is 18.0 Å². The van der Waals surface area contributed by atoms with E-state index >= 15 is 0 Å². The van der Waals surface area contributed by atoms with Gasteiger partial charge >= 0.3 is 5.97 Å². The zero-order valence-electron chi connectivity index (χ0n) is 26.3. The minimum Gasteiger partial charge on any atom is -0.462 e. The van der Waals surface area contributed by atoms with Crippen LogP contribution in [0.25, 0.3) is 56.5 Å². The highest BCUT2D eigenvalue weighted by atomic mass is 16.5. The van der Waals surface area contributed by atoms with Crippen LogP contribution in [-0.2, 0) is 23.6 Å². The fraction of sp³-hybridized carbons (Fsp3) is 0.100. The van der Waals surface area contributed by atoms with Crippen LogP contribution in [0, 0.1) is 34.0 Å². The van der Waals surface area contributed by atoms with Crippen LogP contribution in [0.4, 0.5) is 0 Å². The van der Waals surface area contributed by atoms with Crippen LogP contribution in [0.2, 0.25) is 0 Å². The number of para-hydroxylation sites is 2. The number of carbonyl (C=O) groups excluding carboxylic acids is 1. The number of aromatic nitrogens is 2. The molecular weight excluding hydrogens is 582 g/mol. The highest BCUT2D eigenvalue weighted by Crippen LogP contribution is 2.36. The lowest BCUT2D eigenvalue weighted by Gasteiger charge is -2.07. The van der Waals surface area contributed by atoms with Gasteiger partial charge in [0, 0.05) is 47.0 Å². The van der Waals surface area contributed by atoms with Crippen molar-refractivity contribution in [2.75, 3.05) is 6.61 Å². The molecule has 0 aliphatic rings. The molecule has 0 saturated heterocycles. The van der Waals surface area contributed by atoms with E-state index < -0.39 is 5.97 Å². The SMILES string of the molecule is CCOC(=O)/C(C#N)=C/c1c(-c2ccccc2)n(C)c2ccccc12.Cn1c(-c2ccccc2)c(C=C(C#N)C#N)c2ccccc21. The van der Waals surface area contributed by atoms with E-state index in [-0.39, 0.29) is 17.8 Å². The van der Waals surface area contributed by atoms with Gasteiger partial charge in [-0.3, -0.25) is 0 Å². The first kappa shape index (κ1) is 31.8. The van der Waals surface area contributed by atoms with E-state index in [4.69, 9.17) is 15.3 Å². The molecule has 0 unspecified atom stereocenters. The van der Waals surface area contributed by atoms with Crippen molar-refractivity contribution >= 4 is 39.9 Å². The molecule has 7 heteroatoms. The Bertz CT molecular complexity index is 2250. The Balaban J connectivity index is 0.000000186. The molecule has 0 atom stereocenters. The van der Waals surface area contributed by atoms with Crippen molar-refractivity contribution in [1.29, 1.82) is 15.8 Å². The van der Waals surface area contributed by atoms with Crippen LogP contribution < -0.4 is 0 Å². The van der Waals surface area contributed by atoms with Crippen molar-refractivity contribution in [3.63, 3.8) is 0 Å². The summed E-state index contributed by atoms with van der Waals surface area (Å²) in [7, 11) is 3.98. The number of nitrogens with zero attached hydrogens (tertiary/aromatic N) is 5. The van der Waals surface area contributed by atoms with E-state index in [1.54, 1.807) is 19.1 Å². The van der Waals surface area contributed by atoms with Gasteiger partial charge in [-0.05, 0) is 42.3 Å². The van der Waals surface area contributed by atoms with E-state index in [2.05, 4.69) is 9.13 Å². The van der Waals surface area contributed by atoms with Crippen molar-refractivity contribution < 1.29 is 9.53 Å². The number of fused-ring (bicyclic) bond motifs is 2. The molecule has 47 heavy (non-hydrogen) atoms. The topological polar surface area (TPSA) is 108 Å². The maximum atomic E-state index is 12.0. The molecule has 0 fully saturated rings. The first-order chi connectivity index (χ1) is 22.9. The molecule has 7 nitrogen and oxygen atoms in total. The molecule has 0 N–H and O–H groups in total. The van der Waals surface area contributed by atoms with Gasteiger partial charge in [0.1, 0.15) is 29.4 Å². The molecule has 0 aliphatic carbocycles. The minimum absolute atomic E-state index is 0.00427.